The maximum Gasteiger partial charge on any atom is 0.261 e. The third-order valence-corrected chi connectivity index (χ3v) is 7.75. The van der Waals surface area contributed by atoms with E-state index in [1.54, 1.807) is 6.07 Å². The van der Waals surface area contributed by atoms with Gasteiger partial charge in [-0.2, -0.15) is 4.89 Å². The van der Waals surface area contributed by atoms with E-state index in [-0.39, 0.29) is 16.6 Å². The smallest absolute Gasteiger partial charge is 0.261 e. The molecule has 4 nitrogen and oxygen atoms in total. The third-order valence-electron chi connectivity index (χ3n) is 7.75. The molecule has 174 valence electrons. The van der Waals surface area contributed by atoms with Crippen molar-refractivity contribution in [2.45, 2.75) is 46.0 Å². The van der Waals surface area contributed by atoms with Crippen LogP contribution in [0.25, 0.3) is 32.7 Å². The summed E-state index contributed by atoms with van der Waals surface area (Å²) < 4.78 is 6.43. The molecule has 2 fully saturated rings. The second kappa shape index (κ2) is 6.82. The molecular formula is C30H30O4. The van der Waals surface area contributed by atoms with E-state index in [1.165, 1.54) is 0 Å². The first kappa shape index (κ1) is 21.6. The third kappa shape index (κ3) is 2.59. The van der Waals surface area contributed by atoms with Crippen molar-refractivity contribution >= 4 is 21.5 Å². The van der Waals surface area contributed by atoms with Gasteiger partial charge < -0.3 is 9.84 Å². The van der Waals surface area contributed by atoms with E-state index in [0.29, 0.717) is 6.61 Å². The summed E-state index contributed by atoms with van der Waals surface area (Å²) in [7, 11) is 0. The standard InChI is InChI=1S/C30H30O4/c1-27(2,3)30-28(4,5)18-32-29(30,33-34-30)22-15-21(16-23(31)17-22)26-24-12-8-6-10-19(24)14-20-11-7-9-13-25(20)26/h6-17,31H,18H2,1-5H3. The molecule has 2 aliphatic rings. The average Bonchev–Trinajstić information content (AvgIpc) is 2.92. The highest BCUT2D eigenvalue weighted by atomic mass is 17.3. The van der Waals surface area contributed by atoms with Gasteiger partial charge in [0.05, 0.1) is 6.61 Å². The van der Waals surface area contributed by atoms with Gasteiger partial charge in [0.2, 0.25) is 0 Å². The molecule has 0 aliphatic carbocycles. The van der Waals surface area contributed by atoms with E-state index in [1.807, 2.05) is 6.07 Å². The molecule has 2 heterocycles. The van der Waals surface area contributed by atoms with Crippen molar-refractivity contribution in [1.82, 2.24) is 0 Å². The second-order valence-corrected chi connectivity index (χ2v) is 11.3. The summed E-state index contributed by atoms with van der Waals surface area (Å²) >= 11 is 0. The number of phenols is 1. The van der Waals surface area contributed by atoms with Crippen molar-refractivity contribution in [2.75, 3.05) is 6.61 Å². The monoisotopic (exact) mass is 454 g/mol. The normalized spacial score (nSPS) is 25.9. The van der Waals surface area contributed by atoms with Crippen LogP contribution in [0.5, 0.6) is 5.75 Å². The van der Waals surface area contributed by atoms with Crippen molar-refractivity contribution in [3.63, 3.8) is 0 Å². The molecule has 2 unspecified atom stereocenters. The summed E-state index contributed by atoms with van der Waals surface area (Å²) in [5.41, 5.74) is 1.50. The minimum atomic E-state index is -1.09. The van der Waals surface area contributed by atoms with Crippen LogP contribution in [0.4, 0.5) is 0 Å². The topological polar surface area (TPSA) is 47.9 Å². The van der Waals surface area contributed by atoms with Crippen LogP contribution in [0.2, 0.25) is 0 Å². The predicted octanol–water partition coefficient (Wildman–Crippen LogP) is 7.32. The zero-order valence-electron chi connectivity index (χ0n) is 20.3. The van der Waals surface area contributed by atoms with Crippen LogP contribution in [0, 0.1) is 10.8 Å². The highest BCUT2D eigenvalue weighted by molar-refractivity contribution is 6.12. The molecule has 2 aliphatic heterocycles. The lowest BCUT2D eigenvalue weighted by molar-refractivity contribution is -0.626. The van der Waals surface area contributed by atoms with Gasteiger partial charge in [0.25, 0.3) is 5.79 Å². The number of fused-ring (bicyclic) bond motifs is 3. The number of ether oxygens (including phenoxy) is 1. The fraction of sp³-hybridized carbons (Fsp3) is 0.333. The van der Waals surface area contributed by atoms with Crippen molar-refractivity contribution in [2.24, 2.45) is 10.8 Å². The minimum Gasteiger partial charge on any atom is -0.508 e. The van der Waals surface area contributed by atoms with Gasteiger partial charge in [-0.3, -0.25) is 0 Å². The number of phenolic OH excluding ortho intramolecular Hbond substituents is 1. The highest BCUT2D eigenvalue weighted by Crippen LogP contribution is 2.69. The van der Waals surface area contributed by atoms with Gasteiger partial charge >= 0.3 is 0 Å². The van der Waals surface area contributed by atoms with Crippen molar-refractivity contribution in [3.8, 4) is 16.9 Å². The molecule has 4 aromatic carbocycles. The number of rotatable bonds is 2. The number of benzene rings is 4. The molecule has 0 spiro atoms. The summed E-state index contributed by atoms with van der Waals surface area (Å²) in [4.78, 5) is 11.9. The molecule has 0 bridgehead atoms. The molecule has 0 radical (unpaired) electrons. The molecule has 0 amide bonds. The van der Waals surface area contributed by atoms with Crippen LogP contribution in [-0.2, 0) is 20.3 Å². The van der Waals surface area contributed by atoms with Gasteiger partial charge in [-0.1, -0.05) is 83.1 Å². The molecular weight excluding hydrogens is 424 g/mol. The fourth-order valence-electron chi connectivity index (χ4n) is 6.51. The summed E-state index contributed by atoms with van der Waals surface area (Å²) in [6.45, 7) is 11.3. The zero-order chi connectivity index (χ0) is 23.9. The summed E-state index contributed by atoms with van der Waals surface area (Å²) in [6, 6.07) is 24.6. The largest absolute Gasteiger partial charge is 0.508 e. The lowest BCUT2D eigenvalue weighted by Crippen LogP contribution is -2.73. The van der Waals surface area contributed by atoms with Gasteiger partial charge in [-0.25, -0.2) is 4.89 Å². The van der Waals surface area contributed by atoms with E-state index in [2.05, 4.69) is 95.3 Å². The minimum absolute atomic E-state index is 0.172. The van der Waals surface area contributed by atoms with E-state index in [9.17, 15) is 5.11 Å². The molecule has 2 saturated heterocycles. The Kier molecular flexibility index (Phi) is 4.33. The Bertz CT molecular complexity index is 1390. The maximum atomic E-state index is 10.9. The first-order valence-corrected chi connectivity index (χ1v) is 11.9. The molecule has 4 heteroatoms. The number of hydrogen-bond acceptors (Lipinski definition) is 4. The molecule has 1 N–H and O–H groups in total. The van der Waals surface area contributed by atoms with Crippen LogP contribution in [-0.4, -0.2) is 17.3 Å². The predicted molar refractivity (Wildman–Crippen MR) is 134 cm³/mol. The van der Waals surface area contributed by atoms with Crippen molar-refractivity contribution in [3.05, 3.63) is 78.4 Å². The Labute approximate surface area is 200 Å². The first-order chi connectivity index (χ1) is 16.1. The van der Waals surface area contributed by atoms with Crippen LogP contribution >= 0.6 is 0 Å². The van der Waals surface area contributed by atoms with Crippen LogP contribution in [0.15, 0.2) is 72.8 Å². The van der Waals surface area contributed by atoms with Crippen LogP contribution in [0.3, 0.4) is 0 Å². The lowest BCUT2D eigenvalue weighted by atomic mass is 9.57. The van der Waals surface area contributed by atoms with Gasteiger partial charge in [0.15, 0.2) is 5.60 Å². The number of hydrogen-bond donors (Lipinski definition) is 1. The van der Waals surface area contributed by atoms with Crippen LogP contribution in [0.1, 0.15) is 40.2 Å². The van der Waals surface area contributed by atoms with E-state index >= 15 is 0 Å². The Morgan fingerprint density at radius 2 is 1.41 bits per heavy atom. The van der Waals surface area contributed by atoms with Gasteiger partial charge in [-0.15, -0.1) is 0 Å². The molecule has 4 aromatic rings. The Morgan fingerprint density at radius 1 is 0.794 bits per heavy atom. The molecule has 2 atom stereocenters. The van der Waals surface area contributed by atoms with Crippen molar-refractivity contribution in [1.29, 1.82) is 0 Å². The van der Waals surface area contributed by atoms with Crippen LogP contribution < -0.4 is 0 Å². The molecule has 0 saturated carbocycles. The molecule has 34 heavy (non-hydrogen) atoms. The average molecular weight is 455 g/mol. The first-order valence-electron chi connectivity index (χ1n) is 11.9. The van der Waals surface area contributed by atoms with E-state index in [4.69, 9.17) is 14.5 Å². The van der Waals surface area contributed by atoms with Gasteiger partial charge in [-0.05, 0) is 56.9 Å². The summed E-state index contributed by atoms with van der Waals surface area (Å²) in [6.07, 6.45) is 0. The van der Waals surface area contributed by atoms with E-state index < -0.39 is 11.4 Å². The zero-order valence-corrected chi connectivity index (χ0v) is 20.3. The lowest BCUT2D eigenvalue weighted by Gasteiger charge is -2.61. The highest BCUT2D eigenvalue weighted by Gasteiger charge is 2.81. The second-order valence-electron chi connectivity index (χ2n) is 11.3. The molecule has 0 aromatic heterocycles. The fourth-order valence-corrected chi connectivity index (χ4v) is 6.51. The number of aromatic hydroxyl groups is 1. The van der Waals surface area contributed by atoms with E-state index in [0.717, 1.165) is 38.2 Å². The Morgan fingerprint density at radius 3 is 1.97 bits per heavy atom. The Balaban J connectivity index is 1.64. The quantitative estimate of drug-likeness (QED) is 0.255. The maximum absolute atomic E-state index is 10.9. The Hall–Kier alpha value is -2.92. The molecule has 6 rings (SSSR count). The summed E-state index contributed by atoms with van der Waals surface area (Å²) in [5, 5.41) is 15.5. The van der Waals surface area contributed by atoms with Gasteiger partial charge in [0, 0.05) is 16.4 Å². The summed E-state index contributed by atoms with van der Waals surface area (Å²) in [5.74, 6) is -0.923. The van der Waals surface area contributed by atoms with Gasteiger partial charge in [0.1, 0.15) is 5.75 Å². The van der Waals surface area contributed by atoms with Crippen molar-refractivity contribution < 1.29 is 19.6 Å². The SMILES string of the molecule is CC(C)(C)C12OOC1(c1cc(O)cc(-c3c4ccccc4cc4ccccc34)c1)OCC2(C)C.